The number of halogens is 2. The molecule has 0 bridgehead atoms. The summed E-state index contributed by atoms with van der Waals surface area (Å²) in [5, 5.41) is 20.2. The van der Waals surface area contributed by atoms with Gasteiger partial charge in [-0.25, -0.2) is 0 Å². The lowest BCUT2D eigenvalue weighted by molar-refractivity contribution is -0.142. The molecule has 1 aliphatic rings. The highest BCUT2D eigenvalue weighted by atomic mass is 35.5. The average Bonchev–Trinajstić information content (AvgIpc) is 2.84. The summed E-state index contributed by atoms with van der Waals surface area (Å²) >= 11 is 11.9. The Morgan fingerprint density at radius 1 is 1.45 bits per heavy atom. The fourth-order valence-corrected chi connectivity index (χ4v) is 3.12. The van der Waals surface area contributed by atoms with Gasteiger partial charge in [0, 0.05) is 16.6 Å². The van der Waals surface area contributed by atoms with Crippen molar-refractivity contribution in [3.05, 3.63) is 33.8 Å². The lowest BCUT2D eigenvalue weighted by atomic mass is 10.1. The predicted octanol–water partition coefficient (Wildman–Crippen LogP) is 2.97. The standard InChI is InChI=1S/C14H17Cl2NO3/c15-9-3-4-10(11(16)8-9)13(18)5-7-17-6-1-2-12(17)14(19)20/h3-4,8,12-13,18H,1-2,5-7H2,(H,19,20). The molecule has 1 aromatic carbocycles. The number of benzene rings is 1. The monoisotopic (exact) mass is 317 g/mol. The van der Waals surface area contributed by atoms with Crippen LogP contribution in [0.5, 0.6) is 0 Å². The van der Waals surface area contributed by atoms with Crippen molar-refractivity contribution in [2.75, 3.05) is 13.1 Å². The lowest BCUT2D eigenvalue weighted by Gasteiger charge is -2.22. The summed E-state index contributed by atoms with van der Waals surface area (Å²) in [6, 6.07) is 4.55. The third kappa shape index (κ3) is 3.64. The van der Waals surface area contributed by atoms with Gasteiger partial charge in [0.05, 0.1) is 6.10 Å². The second-order valence-corrected chi connectivity index (χ2v) is 5.85. The van der Waals surface area contributed by atoms with Gasteiger partial charge in [0.1, 0.15) is 6.04 Å². The second kappa shape index (κ2) is 6.76. The third-order valence-electron chi connectivity index (χ3n) is 3.66. The highest BCUT2D eigenvalue weighted by molar-refractivity contribution is 6.35. The van der Waals surface area contributed by atoms with Crippen molar-refractivity contribution in [2.45, 2.75) is 31.4 Å². The molecule has 2 atom stereocenters. The third-order valence-corrected chi connectivity index (χ3v) is 4.22. The molecule has 1 heterocycles. The van der Waals surface area contributed by atoms with Crippen LogP contribution in [0.25, 0.3) is 0 Å². The molecule has 0 radical (unpaired) electrons. The highest BCUT2D eigenvalue weighted by Crippen LogP contribution is 2.29. The van der Waals surface area contributed by atoms with Gasteiger partial charge in [-0.05, 0) is 43.5 Å². The number of aliphatic hydroxyl groups is 1. The molecule has 0 spiro atoms. The molecule has 1 saturated heterocycles. The van der Waals surface area contributed by atoms with Crippen LogP contribution in [0.4, 0.5) is 0 Å². The first-order chi connectivity index (χ1) is 9.49. The Bertz CT molecular complexity index is 495. The Morgan fingerprint density at radius 3 is 2.85 bits per heavy atom. The smallest absolute Gasteiger partial charge is 0.320 e. The molecule has 1 aliphatic heterocycles. The zero-order chi connectivity index (χ0) is 14.7. The first-order valence-corrected chi connectivity index (χ1v) is 7.34. The Morgan fingerprint density at radius 2 is 2.20 bits per heavy atom. The zero-order valence-electron chi connectivity index (χ0n) is 10.9. The van der Waals surface area contributed by atoms with Crippen molar-refractivity contribution in [2.24, 2.45) is 0 Å². The summed E-state index contributed by atoms with van der Waals surface area (Å²) in [7, 11) is 0. The minimum Gasteiger partial charge on any atom is -0.480 e. The van der Waals surface area contributed by atoms with Crippen molar-refractivity contribution >= 4 is 29.2 Å². The van der Waals surface area contributed by atoms with E-state index in [1.54, 1.807) is 18.2 Å². The van der Waals surface area contributed by atoms with Crippen LogP contribution in [0.1, 0.15) is 30.9 Å². The summed E-state index contributed by atoms with van der Waals surface area (Å²) in [6.45, 7) is 1.30. The number of carboxylic acids is 1. The molecular weight excluding hydrogens is 301 g/mol. The number of aliphatic hydroxyl groups excluding tert-OH is 1. The van der Waals surface area contributed by atoms with Gasteiger partial charge in [0.15, 0.2) is 0 Å². The van der Waals surface area contributed by atoms with Gasteiger partial charge in [0.2, 0.25) is 0 Å². The number of hydrogen-bond acceptors (Lipinski definition) is 3. The van der Waals surface area contributed by atoms with Crippen LogP contribution in [0.15, 0.2) is 18.2 Å². The van der Waals surface area contributed by atoms with Crippen molar-refractivity contribution in [3.8, 4) is 0 Å². The van der Waals surface area contributed by atoms with Gasteiger partial charge in [-0.15, -0.1) is 0 Å². The minimum atomic E-state index is -0.790. The maximum Gasteiger partial charge on any atom is 0.320 e. The quantitative estimate of drug-likeness (QED) is 0.876. The van der Waals surface area contributed by atoms with Crippen LogP contribution in [-0.4, -0.2) is 40.2 Å². The molecule has 0 saturated carbocycles. The molecule has 110 valence electrons. The number of nitrogens with zero attached hydrogens (tertiary/aromatic N) is 1. The number of aliphatic carboxylic acids is 1. The van der Waals surface area contributed by atoms with E-state index in [4.69, 9.17) is 28.3 Å². The normalized spacial score (nSPS) is 21.1. The van der Waals surface area contributed by atoms with Gasteiger partial charge < -0.3 is 10.2 Å². The van der Waals surface area contributed by atoms with Crippen molar-refractivity contribution in [1.29, 1.82) is 0 Å². The van der Waals surface area contributed by atoms with E-state index in [9.17, 15) is 9.90 Å². The summed E-state index contributed by atoms with van der Waals surface area (Å²) in [4.78, 5) is 13.0. The largest absolute Gasteiger partial charge is 0.480 e. The fourth-order valence-electron chi connectivity index (χ4n) is 2.59. The number of hydrogen-bond donors (Lipinski definition) is 2. The Labute approximate surface area is 127 Å². The van der Waals surface area contributed by atoms with Crippen LogP contribution < -0.4 is 0 Å². The molecule has 0 amide bonds. The molecule has 1 fully saturated rings. The molecule has 4 nitrogen and oxygen atoms in total. The lowest BCUT2D eigenvalue weighted by Crippen LogP contribution is -2.37. The minimum absolute atomic E-state index is 0.428. The molecule has 2 N–H and O–H groups in total. The van der Waals surface area contributed by atoms with E-state index in [0.29, 0.717) is 35.0 Å². The van der Waals surface area contributed by atoms with Crippen molar-refractivity contribution < 1.29 is 15.0 Å². The van der Waals surface area contributed by atoms with Crippen LogP contribution in [0, 0.1) is 0 Å². The molecule has 0 aromatic heterocycles. The topological polar surface area (TPSA) is 60.8 Å². The summed E-state index contributed by atoms with van der Waals surface area (Å²) in [5.74, 6) is -0.790. The van der Waals surface area contributed by atoms with E-state index in [-0.39, 0.29) is 0 Å². The Hall–Kier alpha value is -0.810. The van der Waals surface area contributed by atoms with E-state index >= 15 is 0 Å². The molecule has 2 rings (SSSR count). The van der Waals surface area contributed by atoms with Crippen LogP contribution in [0.3, 0.4) is 0 Å². The average molecular weight is 318 g/mol. The van der Waals surface area contributed by atoms with Crippen molar-refractivity contribution in [1.82, 2.24) is 4.90 Å². The number of carbonyl (C=O) groups is 1. The van der Waals surface area contributed by atoms with Crippen LogP contribution >= 0.6 is 23.2 Å². The first kappa shape index (κ1) is 15.6. The molecule has 1 aromatic rings. The predicted molar refractivity (Wildman–Crippen MR) is 78.3 cm³/mol. The Balaban J connectivity index is 1.95. The fraction of sp³-hybridized carbons (Fsp3) is 0.500. The van der Waals surface area contributed by atoms with E-state index in [0.717, 1.165) is 13.0 Å². The molecule has 0 aliphatic carbocycles. The maximum absolute atomic E-state index is 11.1. The van der Waals surface area contributed by atoms with E-state index in [1.807, 2.05) is 4.90 Å². The zero-order valence-corrected chi connectivity index (χ0v) is 12.4. The summed E-state index contributed by atoms with van der Waals surface area (Å²) in [6.07, 6.45) is 1.29. The molecule has 20 heavy (non-hydrogen) atoms. The van der Waals surface area contributed by atoms with Gasteiger partial charge in [0.25, 0.3) is 0 Å². The maximum atomic E-state index is 11.1. The van der Waals surface area contributed by atoms with E-state index in [2.05, 4.69) is 0 Å². The molecule has 2 unspecified atom stereocenters. The highest BCUT2D eigenvalue weighted by Gasteiger charge is 2.30. The van der Waals surface area contributed by atoms with Crippen LogP contribution in [0.2, 0.25) is 10.0 Å². The number of rotatable bonds is 5. The molecular formula is C14H17Cl2NO3. The van der Waals surface area contributed by atoms with Gasteiger partial charge >= 0.3 is 5.97 Å². The van der Waals surface area contributed by atoms with E-state index < -0.39 is 18.1 Å². The van der Waals surface area contributed by atoms with E-state index in [1.165, 1.54) is 0 Å². The van der Waals surface area contributed by atoms with Gasteiger partial charge in [-0.2, -0.15) is 0 Å². The first-order valence-electron chi connectivity index (χ1n) is 6.59. The number of likely N-dealkylation sites (tertiary alicyclic amines) is 1. The summed E-state index contributed by atoms with van der Waals surface area (Å²) in [5.41, 5.74) is 0.627. The van der Waals surface area contributed by atoms with Gasteiger partial charge in [-0.1, -0.05) is 29.3 Å². The summed E-state index contributed by atoms with van der Waals surface area (Å²) < 4.78 is 0. The van der Waals surface area contributed by atoms with Crippen LogP contribution in [-0.2, 0) is 4.79 Å². The second-order valence-electron chi connectivity index (χ2n) is 5.00. The number of carboxylic acid groups (broad SMARTS) is 1. The SMILES string of the molecule is O=C(O)C1CCCN1CCC(O)c1ccc(Cl)cc1Cl. The molecule has 6 heteroatoms. The van der Waals surface area contributed by atoms with Crippen molar-refractivity contribution in [3.63, 3.8) is 0 Å². The van der Waals surface area contributed by atoms with Gasteiger partial charge in [-0.3, -0.25) is 9.69 Å². The Kier molecular flexibility index (Phi) is 5.27.